The quantitative estimate of drug-likeness (QED) is 0.446. The summed E-state index contributed by atoms with van der Waals surface area (Å²) in [5, 5.41) is 9.15. The lowest BCUT2D eigenvalue weighted by atomic mass is 9.91. The van der Waals surface area contributed by atoms with Crippen LogP contribution in [0, 0.1) is 11.3 Å². The highest BCUT2D eigenvalue weighted by molar-refractivity contribution is 5.92. The molecule has 4 aromatic rings. The predicted octanol–water partition coefficient (Wildman–Crippen LogP) is 5.14. The Morgan fingerprint density at radius 3 is 2.49 bits per heavy atom. The van der Waals surface area contributed by atoms with E-state index < -0.39 is 5.60 Å². The van der Waals surface area contributed by atoms with Gasteiger partial charge in [0, 0.05) is 23.6 Å². The number of hydrogen-bond donors (Lipinski definition) is 1. The van der Waals surface area contributed by atoms with E-state index in [1.165, 1.54) is 12.3 Å². The van der Waals surface area contributed by atoms with E-state index in [-0.39, 0.29) is 23.6 Å². The number of ether oxygens (including phenoxy) is 1. The maximum absolute atomic E-state index is 12.9. The molecule has 2 N–H and O–H groups in total. The van der Waals surface area contributed by atoms with Crippen molar-refractivity contribution in [1.82, 2.24) is 15.0 Å². The van der Waals surface area contributed by atoms with Crippen molar-refractivity contribution in [3.05, 3.63) is 90.4 Å². The summed E-state index contributed by atoms with van der Waals surface area (Å²) >= 11 is 0. The van der Waals surface area contributed by atoms with Crippen molar-refractivity contribution in [2.45, 2.75) is 25.5 Å². The van der Waals surface area contributed by atoms with Crippen LogP contribution in [0.4, 0.5) is 16.3 Å². The number of benzene rings is 2. The molecule has 1 saturated heterocycles. The number of carbonyl (C=O) groups excluding carboxylic acids is 1. The molecule has 3 heterocycles. The molecule has 1 atom stereocenters. The summed E-state index contributed by atoms with van der Waals surface area (Å²) in [6.07, 6.45) is 2.80. The molecule has 0 radical (unpaired) electrons. The topological polar surface area (TPSA) is 118 Å². The van der Waals surface area contributed by atoms with Gasteiger partial charge in [-0.25, -0.2) is 19.7 Å². The van der Waals surface area contributed by atoms with Gasteiger partial charge in [-0.1, -0.05) is 42.5 Å². The fraction of sp³-hybridized carbons (Fsp3) is 0.148. The Morgan fingerprint density at radius 2 is 1.77 bits per heavy atom. The molecule has 1 unspecified atom stereocenters. The molecular formula is C27H22N6O2. The molecular weight excluding hydrogens is 440 g/mol. The molecule has 0 aliphatic carbocycles. The van der Waals surface area contributed by atoms with Gasteiger partial charge in [0.05, 0.1) is 5.56 Å². The molecule has 2 aromatic heterocycles. The van der Waals surface area contributed by atoms with Crippen LogP contribution in [0.5, 0.6) is 0 Å². The van der Waals surface area contributed by atoms with Gasteiger partial charge in [-0.2, -0.15) is 5.26 Å². The number of carbonyl (C=O) groups is 1. The summed E-state index contributed by atoms with van der Waals surface area (Å²) in [6, 6.07) is 22.6. The number of nitrogen functional groups attached to an aromatic ring is 1. The van der Waals surface area contributed by atoms with Crippen molar-refractivity contribution in [1.29, 1.82) is 5.26 Å². The van der Waals surface area contributed by atoms with Crippen molar-refractivity contribution in [2.75, 3.05) is 10.6 Å². The zero-order chi connectivity index (χ0) is 24.6. The van der Waals surface area contributed by atoms with Gasteiger partial charge in [-0.15, -0.1) is 0 Å². The van der Waals surface area contributed by atoms with Gasteiger partial charge in [0.15, 0.2) is 5.82 Å². The van der Waals surface area contributed by atoms with Crippen molar-refractivity contribution < 1.29 is 9.53 Å². The number of anilines is 2. The SMILES string of the molecule is CC1(C)OC(=O)N(c2ccc(-c3cnc(N)c(-c4nccc(C#N)n4)c3)cc2)C1c1ccccc1. The normalized spacial score (nSPS) is 16.5. The van der Waals surface area contributed by atoms with Crippen molar-refractivity contribution in [3.8, 4) is 28.6 Å². The lowest BCUT2D eigenvalue weighted by Crippen LogP contribution is -2.33. The summed E-state index contributed by atoms with van der Waals surface area (Å²) in [7, 11) is 0. The molecule has 0 saturated carbocycles. The number of nitrogens with zero attached hydrogens (tertiary/aromatic N) is 5. The minimum Gasteiger partial charge on any atom is -0.441 e. The summed E-state index contributed by atoms with van der Waals surface area (Å²) in [4.78, 5) is 27.3. The second-order valence-corrected chi connectivity index (χ2v) is 8.74. The van der Waals surface area contributed by atoms with E-state index in [2.05, 4.69) is 15.0 Å². The Balaban J connectivity index is 1.49. The Kier molecular flexibility index (Phi) is 5.38. The van der Waals surface area contributed by atoms with E-state index in [0.29, 0.717) is 11.4 Å². The number of rotatable bonds is 4. The maximum Gasteiger partial charge on any atom is 0.415 e. The van der Waals surface area contributed by atoms with Crippen LogP contribution in [0.15, 0.2) is 79.1 Å². The molecule has 0 spiro atoms. The minimum atomic E-state index is -0.690. The fourth-order valence-electron chi connectivity index (χ4n) is 4.36. The van der Waals surface area contributed by atoms with E-state index in [1.54, 1.807) is 11.1 Å². The third-order valence-electron chi connectivity index (χ3n) is 5.99. The van der Waals surface area contributed by atoms with Crippen LogP contribution < -0.4 is 10.6 Å². The Morgan fingerprint density at radius 1 is 1.03 bits per heavy atom. The van der Waals surface area contributed by atoms with Crippen LogP contribution in [0.2, 0.25) is 0 Å². The average Bonchev–Trinajstić information content (AvgIpc) is 3.12. The van der Waals surface area contributed by atoms with Gasteiger partial charge in [0.2, 0.25) is 0 Å². The smallest absolute Gasteiger partial charge is 0.415 e. The molecule has 1 fully saturated rings. The van der Waals surface area contributed by atoms with E-state index in [0.717, 1.165) is 22.4 Å². The lowest BCUT2D eigenvalue weighted by molar-refractivity contribution is 0.0685. The van der Waals surface area contributed by atoms with Gasteiger partial charge in [-0.05, 0) is 49.2 Å². The molecule has 1 aliphatic rings. The lowest BCUT2D eigenvalue weighted by Gasteiger charge is -2.29. The highest BCUT2D eigenvalue weighted by atomic mass is 16.6. The third-order valence-corrected chi connectivity index (χ3v) is 5.99. The number of aromatic nitrogens is 3. The Bertz CT molecular complexity index is 1440. The van der Waals surface area contributed by atoms with Crippen LogP contribution in [-0.4, -0.2) is 26.6 Å². The van der Waals surface area contributed by atoms with Crippen molar-refractivity contribution in [2.24, 2.45) is 0 Å². The number of hydrogen-bond acceptors (Lipinski definition) is 7. The molecule has 172 valence electrons. The van der Waals surface area contributed by atoms with E-state index in [9.17, 15) is 4.79 Å². The molecule has 5 rings (SSSR count). The van der Waals surface area contributed by atoms with Crippen molar-refractivity contribution >= 4 is 17.6 Å². The zero-order valence-corrected chi connectivity index (χ0v) is 19.2. The highest BCUT2D eigenvalue weighted by Gasteiger charge is 2.49. The standard InChI is InChI=1S/C27H22N6O2/c1-27(2)23(18-6-4-3-5-7-18)33(26(34)35-27)21-10-8-17(9-11-21)19-14-22(24(29)31-16-19)25-30-13-12-20(15-28)32-25/h3-14,16,23H,1-2H3,(H2,29,31). The van der Waals surface area contributed by atoms with Gasteiger partial charge in [0.25, 0.3) is 0 Å². The fourth-order valence-corrected chi connectivity index (χ4v) is 4.36. The first kappa shape index (κ1) is 22.0. The first-order chi connectivity index (χ1) is 16.9. The number of nitrogens with two attached hydrogens (primary N) is 1. The van der Waals surface area contributed by atoms with Gasteiger partial charge in [0.1, 0.15) is 29.2 Å². The monoisotopic (exact) mass is 462 g/mol. The van der Waals surface area contributed by atoms with E-state index >= 15 is 0 Å². The molecule has 1 amide bonds. The van der Waals surface area contributed by atoms with Crippen molar-refractivity contribution in [3.63, 3.8) is 0 Å². The number of cyclic esters (lactones) is 1. The van der Waals surface area contributed by atoms with Gasteiger partial charge in [-0.3, -0.25) is 4.90 Å². The van der Waals surface area contributed by atoms with E-state index in [4.69, 9.17) is 15.7 Å². The number of nitriles is 1. The summed E-state index contributed by atoms with van der Waals surface area (Å²) in [5.74, 6) is 0.605. The Hall–Kier alpha value is -4.77. The maximum atomic E-state index is 12.9. The molecule has 8 nitrogen and oxygen atoms in total. The van der Waals surface area contributed by atoms with Gasteiger partial charge >= 0.3 is 6.09 Å². The molecule has 0 bridgehead atoms. The molecule has 2 aromatic carbocycles. The summed E-state index contributed by atoms with van der Waals surface area (Å²) < 4.78 is 5.72. The van der Waals surface area contributed by atoms with Crippen LogP contribution in [-0.2, 0) is 4.74 Å². The van der Waals surface area contributed by atoms with E-state index in [1.807, 2.05) is 80.6 Å². The number of pyridine rings is 1. The zero-order valence-electron chi connectivity index (χ0n) is 19.2. The second kappa shape index (κ2) is 8.54. The number of amides is 1. The van der Waals surface area contributed by atoms with Crippen LogP contribution >= 0.6 is 0 Å². The summed E-state index contributed by atoms with van der Waals surface area (Å²) in [6.45, 7) is 3.84. The van der Waals surface area contributed by atoms with Crippen LogP contribution in [0.3, 0.4) is 0 Å². The van der Waals surface area contributed by atoms with Crippen LogP contribution in [0.25, 0.3) is 22.5 Å². The first-order valence-electron chi connectivity index (χ1n) is 11.0. The highest BCUT2D eigenvalue weighted by Crippen LogP contribution is 2.44. The minimum absolute atomic E-state index is 0.248. The average molecular weight is 463 g/mol. The third kappa shape index (κ3) is 4.04. The van der Waals surface area contributed by atoms with Gasteiger partial charge < -0.3 is 10.5 Å². The first-order valence-corrected chi connectivity index (χ1v) is 11.0. The second-order valence-electron chi connectivity index (χ2n) is 8.74. The molecule has 35 heavy (non-hydrogen) atoms. The van der Waals surface area contributed by atoms with Crippen LogP contribution in [0.1, 0.15) is 31.1 Å². The molecule has 8 heteroatoms. The largest absolute Gasteiger partial charge is 0.441 e. The summed E-state index contributed by atoms with van der Waals surface area (Å²) in [5.41, 5.74) is 9.58. The molecule has 1 aliphatic heterocycles. The Labute approximate surface area is 202 Å². The predicted molar refractivity (Wildman–Crippen MR) is 132 cm³/mol.